The summed E-state index contributed by atoms with van der Waals surface area (Å²) >= 11 is 0. The van der Waals surface area contributed by atoms with E-state index in [4.69, 9.17) is 4.74 Å². The normalized spacial score (nSPS) is 12.8. The Morgan fingerprint density at radius 3 is 2.59 bits per heavy atom. The van der Waals surface area contributed by atoms with Crippen molar-refractivity contribution < 1.29 is 8.95 Å². The molecule has 1 atom stereocenters. The fourth-order valence-corrected chi connectivity index (χ4v) is 3.10. The summed E-state index contributed by atoms with van der Waals surface area (Å²) in [5.41, 5.74) is 3.13. The van der Waals surface area contributed by atoms with E-state index in [1.165, 1.54) is 0 Å². The summed E-state index contributed by atoms with van der Waals surface area (Å²) in [6.45, 7) is 8.44. The highest BCUT2D eigenvalue weighted by Gasteiger charge is 2.15. The van der Waals surface area contributed by atoms with Crippen LogP contribution in [0, 0.1) is 13.8 Å². The smallest absolute Gasteiger partial charge is 0.169 e. The van der Waals surface area contributed by atoms with Gasteiger partial charge in [-0.05, 0) is 49.2 Å². The Hall–Kier alpha value is -1.60. The van der Waals surface area contributed by atoms with Gasteiger partial charge in [0, 0.05) is 16.6 Å². The maximum atomic E-state index is 12.2. The molecule has 0 aliphatic heterocycles. The highest BCUT2D eigenvalue weighted by molar-refractivity contribution is 7.84. The van der Waals surface area contributed by atoms with Gasteiger partial charge in [-0.3, -0.25) is 4.21 Å². The van der Waals surface area contributed by atoms with E-state index in [0.717, 1.165) is 16.8 Å². The fraction of sp³-hybridized carbons (Fsp3) is 0.533. The number of hydrogen-bond acceptors (Lipinski definition) is 5. The SMILES string of the molecule is Cc1cccc(C)c1-n1nnnc1C[S@@](=O)CCOC(C)C. The van der Waals surface area contributed by atoms with Gasteiger partial charge in [-0.15, -0.1) is 5.10 Å². The molecule has 0 aliphatic rings. The predicted molar refractivity (Wildman–Crippen MR) is 86.4 cm³/mol. The molecule has 0 aliphatic carbocycles. The number of aromatic nitrogens is 4. The molecule has 0 saturated carbocycles. The summed E-state index contributed by atoms with van der Waals surface area (Å²) in [7, 11) is -1.05. The maximum absolute atomic E-state index is 12.2. The lowest BCUT2D eigenvalue weighted by Gasteiger charge is -2.11. The first-order chi connectivity index (χ1) is 10.5. The molecule has 2 rings (SSSR count). The van der Waals surface area contributed by atoms with Gasteiger partial charge >= 0.3 is 0 Å². The molecule has 0 spiro atoms. The Kier molecular flexibility index (Phi) is 5.79. The predicted octanol–water partition coefficient (Wildman–Crippen LogP) is 1.95. The summed E-state index contributed by atoms with van der Waals surface area (Å²) in [4.78, 5) is 0. The molecule has 0 saturated heterocycles. The minimum absolute atomic E-state index is 0.150. The third-order valence-electron chi connectivity index (χ3n) is 3.24. The van der Waals surface area contributed by atoms with Crippen LogP contribution in [0.5, 0.6) is 0 Å². The number of nitrogens with zero attached hydrogens (tertiary/aromatic N) is 4. The summed E-state index contributed by atoms with van der Waals surface area (Å²) in [6, 6.07) is 6.03. The summed E-state index contributed by atoms with van der Waals surface area (Å²) < 4.78 is 19.3. The van der Waals surface area contributed by atoms with E-state index >= 15 is 0 Å². The van der Waals surface area contributed by atoms with Crippen LogP contribution in [0.4, 0.5) is 0 Å². The zero-order valence-electron chi connectivity index (χ0n) is 13.4. The molecule has 0 unspecified atom stereocenters. The molecule has 120 valence electrons. The van der Waals surface area contributed by atoms with Crippen LogP contribution >= 0.6 is 0 Å². The Morgan fingerprint density at radius 2 is 1.95 bits per heavy atom. The van der Waals surface area contributed by atoms with Gasteiger partial charge in [0.2, 0.25) is 0 Å². The average molecular weight is 322 g/mol. The molecule has 6 nitrogen and oxygen atoms in total. The van der Waals surface area contributed by atoms with Crippen LogP contribution in [0.2, 0.25) is 0 Å². The van der Waals surface area contributed by atoms with E-state index in [1.807, 2.05) is 45.9 Å². The topological polar surface area (TPSA) is 69.9 Å². The monoisotopic (exact) mass is 322 g/mol. The first-order valence-corrected chi connectivity index (χ1v) is 8.78. The van der Waals surface area contributed by atoms with Crippen LogP contribution in [0.3, 0.4) is 0 Å². The van der Waals surface area contributed by atoms with E-state index in [-0.39, 0.29) is 6.10 Å². The van der Waals surface area contributed by atoms with E-state index in [9.17, 15) is 4.21 Å². The average Bonchev–Trinajstić information content (AvgIpc) is 2.86. The van der Waals surface area contributed by atoms with Crippen molar-refractivity contribution in [1.82, 2.24) is 20.2 Å². The highest BCUT2D eigenvalue weighted by Crippen LogP contribution is 2.19. The standard InChI is InChI=1S/C15H22N4O2S/c1-11(2)21-8-9-22(20)10-14-16-17-18-19(14)15-12(3)6-5-7-13(15)4/h5-7,11H,8-10H2,1-4H3/t22-/m0/s1. The zero-order chi connectivity index (χ0) is 16.1. The van der Waals surface area contributed by atoms with Gasteiger partial charge in [-0.2, -0.15) is 4.68 Å². The van der Waals surface area contributed by atoms with Gasteiger partial charge in [-0.25, -0.2) is 0 Å². The molecule has 1 heterocycles. The Labute approximate surface area is 133 Å². The first kappa shape index (κ1) is 16.8. The van der Waals surface area contributed by atoms with Gasteiger partial charge in [0.15, 0.2) is 5.82 Å². The second-order valence-corrected chi connectivity index (χ2v) is 7.03. The minimum Gasteiger partial charge on any atom is -0.378 e. The van der Waals surface area contributed by atoms with Crippen molar-refractivity contribution in [3.8, 4) is 5.69 Å². The molecule has 0 bridgehead atoms. The van der Waals surface area contributed by atoms with E-state index < -0.39 is 10.8 Å². The minimum atomic E-state index is -1.05. The molecule has 0 radical (unpaired) electrons. The molecule has 7 heteroatoms. The highest BCUT2D eigenvalue weighted by atomic mass is 32.2. The summed E-state index contributed by atoms with van der Waals surface area (Å²) in [5, 5.41) is 11.8. The van der Waals surface area contributed by atoms with Crippen molar-refractivity contribution in [2.75, 3.05) is 12.4 Å². The molecule has 2 aromatic rings. The van der Waals surface area contributed by atoms with Crippen molar-refractivity contribution in [2.24, 2.45) is 0 Å². The van der Waals surface area contributed by atoms with Crippen LogP contribution in [0.1, 0.15) is 30.8 Å². The van der Waals surface area contributed by atoms with E-state index in [1.54, 1.807) is 4.68 Å². The summed E-state index contributed by atoms with van der Waals surface area (Å²) in [5.74, 6) is 1.42. The second kappa shape index (κ2) is 7.60. The molecule has 0 fully saturated rings. The van der Waals surface area contributed by atoms with Gasteiger partial charge in [-0.1, -0.05) is 18.2 Å². The van der Waals surface area contributed by atoms with Gasteiger partial charge in [0.05, 0.1) is 24.2 Å². The van der Waals surface area contributed by atoms with Crippen LogP contribution in [0.25, 0.3) is 5.69 Å². The fourth-order valence-electron chi connectivity index (χ4n) is 2.20. The number of para-hydroxylation sites is 1. The van der Waals surface area contributed by atoms with E-state index in [2.05, 4.69) is 15.5 Å². The lowest BCUT2D eigenvalue weighted by Crippen LogP contribution is -2.14. The third kappa shape index (κ3) is 4.20. The number of hydrogen-bond donors (Lipinski definition) is 0. The molecular formula is C15H22N4O2S. The quantitative estimate of drug-likeness (QED) is 0.779. The van der Waals surface area contributed by atoms with Crippen molar-refractivity contribution in [3.63, 3.8) is 0 Å². The number of rotatable bonds is 7. The van der Waals surface area contributed by atoms with E-state index in [0.29, 0.717) is 23.9 Å². The number of tetrazole rings is 1. The largest absolute Gasteiger partial charge is 0.378 e. The molecular weight excluding hydrogens is 300 g/mol. The van der Waals surface area contributed by atoms with Crippen LogP contribution < -0.4 is 0 Å². The van der Waals surface area contributed by atoms with Gasteiger partial charge < -0.3 is 4.74 Å². The Morgan fingerprint density at radius 1 is 1.27 bits per heavy atom. The maximum Gasteiger partial charge on any atom is 0.169 e. The first-order valence-electron chi connectivity index (χ1n) is 7.29. The van der Waals surface area contributed by atoms with Crippen molar-refractivity contribution in [2.45, 2.75) is 39.6 Å². The molecule has 0 amide bonds. The molecule has 22 heavy (non-hydrogen) atoms. The molecule has 1 aromatic heterocycles. The number of aryl methyl sites for hydroxylation is 2. The van der Waals surface area contributed by atoms with Crippen molar-refractivity contribution >= 4 is 10.8 Å². The molecule has 1 aromatic carbocycles. The summed E-state index contributed by atoms with van der Waals surface area (Å²) in [6.07, 6.45) is 0.150. The van der Waals surface area contributed by atoms with Crippen LogP contribution in [-0.4, -0.2) is 42.9 Å². The van der Waals surface area contributed by atoms with Gasteiger partial charge in [0.1, 0.15) is 0 Å². The lowest BCUT2D eigenvalue weighted by molar-refractivity contribution is 0.0916. The lowest BCUT2D eigenvalue weighted by atomic mass is 10.1. The number of ether oxygens (including phenoxy) is 1. The molecule has 0 N–H and O–H groups in total. The van der Waals surface area contributed by atoms with Crippen molar-refractivity contribution in [3.05, 3.63) is 35.2 Å². The zero-order valence-corrected chi connectivity index (χ0v) is 14.3. The Bertz CT molecular complexity index is 634. The second-order valence-electron chi connectivity index (χ2n) is 5.46. The van der Waals surface area contributed by atoms with Crippen LogP contribution in [-0.2, 0) is 21.3 Å². The Balaban J connectivity index is 2.12. The third-order valence-corrected chi connectivity index (χ3v) is 4.44. The van der Waals surface area contributed by atoms with Crippen molar-refractivity contribution in [1.29, 1.82) is 0 Å². The number of benzene rings is 1. The van der Waals surface area contributed by atoms with Gasteiger partial charge in [0.25, 0.3) is 0 Å². The van der Waals surface area contributed by atoms with Crippen LogP contribution in [0.15, 0.2) is 18.2 Å².